The SMILES string of the molecule is CCc1ccc2oc(-c3ccc(NC(=S)NC(=O)c4ccc(N5CCCC5)c([N+](=O)[O-])c4)cc3)nc2c1. The first kappa shape index (κ1) is 24.4. The van der Waals surface area contributed by atoms with E-state index in [2.05, 4.69) is 22.5 Å². The van der Waals surface area contributed by atoms with Crippen molar-refractivity contribution in [3.8, 4) is 11.5 Å². The first-order valence-electron chi connectivity index (χ1n) is 12.1. The summed E-state index contributed by atoms with van der Waals surface area (Å²) in [6.45, 7) is 3.63. The smallest absolute Gasteiger partial charge is 0.293 e. The molecule has 0 atom stereocenters. The van der Waals surface area contributed by atoms with Crippen LogP contribution in [-0.2, 0) is 6.42 Å². The molecule has 0 bridgehead atoms. The minimum Gasteiger partial charge on any atom is -0.436 e. The predicted molar refractivity (Wildman–Crippen MR) is 147 cm³/mol. The summed E-state index contributed by atoms with van der Waals surface area (Å²) in [7, 11) is 0. The van der Waals surface area contributed by atoms with Crippen molar-refractivity contribution in [2.24, 2.45) is 0 Å². The van der Waals surface area contributed by atoms with Crippen LogP contribution in [0.3, 0.4) is 0 Å². The van der Waals surface area contributed by atoms with Gasteiger partial charge in [0.15, 0.2) is 10.7 Å². The number of fused-ring (bicyclic) bond motifs is 1. The fourth-order valence-corrected chi connectivity index (χ4v) is 4.60. The van der Waals surface area contributed by atoms with Crippen LogP contribution in [0.15, 0.2) is 65.1 Å². The molecule has 37 heavy (non-hydrogen) atoms. The Hall–Kier alpha value is -4.31. The number of nitrogens with zero attached hydrogens (tertiary/aromatic N) is 3. The van der Waals surface area contributed by atoms with Crippen molar-refractivity contribution in [2.75, 3.05) is 23.3 Å². The van der Waals surface area contributed by atoms with Crippen LogP contribution in [0.2, 0.25) is 0 Å². The average Bonchev–Trinajstić information content (AvgIpc) is 3.58. The van der Waals surface area contributed by atoms with Gasteiger partial charge in [-0.3, -0.25) is 20.2 Å². The molecule has 1 aliphatic heterocycles. The standard InChI is InChI=1S/C27H25N5O4S/c1-2-17-5-12-24-21(15-17)29-26(36-24)18-6-9-20(10-7-18)28-27(37)30-25(33)19-8-11-22(23(16-19)32(34)35)31-13-3-4-14-31/h5-12,15-16H,2-4,13-14H2,1H3,(H2,28,30,33,37). The van der Waals surface area contributed by atoms with Crippen LogP contribution in [0.4, 0.5) is 17.1 Å². The van der Waals surface area contributed by atoms with E-state index in [9.17, 15) is 14.9 Å². The second-order valence-corrected chi connectivity index (χ2v) is 9.22. The largest absolute Gasteiger partial charge is 0.436 e. The number of nitrogens with one attached hydrogen (secondary N) is 2. The Bertz CT molecular complexity index is 1490. The van der Waals surface area contributed by atoms with Crippen LogP contribution in [0.5, 0.6) is 0 Å². The van der Waals surface area contributed by atoms with Gasteiger partial charge in [0.05, 0.1) is 4.92 Å². The lowest BCUT2D eigenvalue weighted by Gasteiger charge is -2.18. The monoisotopic (exact) mass is 515 g/mol. The zero-order chi connectivity index (χ0) is 25.9. The summed E-state index contributed by atoms with van der Waals surface area (Å²) in [6.07, 6.45) is 2.92. The van der Waals surface area contributed by atoms with E-state index in [1.54, 1.807) is 24.3 Å². The molecular formula is C27H25N5O4S. The van der Waals surface area contributed by atoms with E-state index in [4.69, 9.17) is 16.6 Å². The third-order valence-electron chi connectivity index (χ3n) is 6.36. The highest BCUT2D eigenvalue weighted by molar-refractivity contribution is 7.80. The summed E-state index contributed by atoms with van der Waals surface area (Å²) in [5, 5.41) is 17.3. The zero-order valence-corrected chi connectivity index (χ0v) is 21.0. The van der Waals surface area contributed by atoms with Gasteiger partial charge in [0.2, 0.25) is 5.89 Å². The zero-order valence-electron chi connectivity index (χ0n) is 20.2. The molecule has 1 aromatic heterocycles. The molecule has 5 rings (SSSR count). The molecule has 1 saturated heterocycles. The number of rotatable bonds is 6. The summed E-state index contributed by atoms with van der Waals surface area (Å²) in [5.41, 5.74) is 4.81. The van der Waals surface area contributed by atoms with Crippen molar-refractivity contribution in [2.45, 2.75) is 26.2 Å². The van der Waals surface area contributed by atoms with Crippen molar-refractivity contribution in [1.29, 1.82) is 0 Å². The van der Waals surface area contributed by atoms with Gasteiger partial charge in [0, 0.05) is 36.0 Å². The summed E-state index contributed by atoms with van der Waals surface area (Å²) >= 11 is 5.29. The minimum atomic E-state index is -0.525. The Morgan fingerprint density at radius 3 is 2.57 bits per heavy atom. The number of hydrogen-bond acceptors (Lipinski definition) is 7. The van der Waals surface area contributed by atoms with Crippen LogP contribution >= 0.6 is 12.2 Å². The highest BCUT2D eigenvalue weighted by Crippen LogP contribution is 2.32. The molecule has 10 heteroatoms. The highest BCUT2D eigenvalue weighted by Gasteiger charge is 2.24. The maximum absolute atomic E-state index is 12.7. The van der Waals surface area contributed by atoms with E-state index in [1.807, 2.05) is 35.2 Å². The van der Waals surface area contributed by atoms with Crippen molar-refractivity contribution in [3.05, 3.63) is 81.9 Å². The lowest BCUT2D eigenvalue weighted by atomic mass is 10.1. The van der Waals surface area contributed by atoms with Gasteiger partial charge >= 0.3 is 0 Å². The van der Waals surface area contributed by atoms with Gasteiger partial charge in [-0.2, -0.15) is 0 Å². The first-order chi connectivity index (χ1) is 17.9. The van der Waals surface area contributed by atoms with Crippen LogP contribution in [-0.4, -0.2) is 34.0 Å². The molecule has 4 aromatic rings. The van der Waals surface area contributed by atoms with Crippen molar-refractivity contribution in [1.82, 2.24) is 10.3 Å². The van der Waals surface area contributed by atoms with Crippen LogP contribution in [0.25, 0.3) is 22.6 Å². The molecule has 9 nitrogen and oxygen atoms in total. The molecule has 0 spiro atoms. The number of amides is 1. The van der Waals surface area contributed by atoms with Gasteiger partial charge in [-0.05, 0) is 85.6 Å². The molecule has 0 unspecified atom stereocenters. The number of thiocarbonyl (C=S) groups is 1. The molecule has 2 heterocycles. The van der Waals surface area contributed by atoms with Gasteiger partial charge in [0.25, 0.3) is 11.6 Å². The third kappa shape index (κ3) is 5.29. The quantitative estimate of drug-likeness (QED) is 0.191. The number of oxazole rings is 1. The second kappa shape index (κ2) is 10.4. The van der Waals surface area contributed by atoms with E-state index in [0.29, 0.717) is 17.3 Å². The fraction of sp³-hybridized carbons (Fsp3) is 0.222. The van der Waals surface area contributed by atoms with Gasteiger partial charge in [0.1, 0.15) is 11.2 Å². The maximum Gasteiger partial charge on any atom is 0.293 e. The summed E-state index contributed by atoms with van der Waals surface area (Å²) in [5.74, 6) is -0.00669. The number of nitro benzene ring substituents is 1. The Balaban J connectivity index is 1.24. The Labute approximate surface area is 218 Å². The van der Waals surface area contributed by atoms with Gasteiger partial charge in [-0.15, -0.1) is 0 Å². The number of carbonyl (C=O) groups is 1. The number of aromatic nitrogens is 1. The van der Waals surface area contributed by atoms with Gasteiger partial charge < -0.3 is 14.6 Å². The van der Waals surface area contributed by atoms with E-state index < -0.39 is 10.8 Å². The number of carbonyl (C=O) groups excluding carboxylic acids is 1. The average molecular weight is 516 g/mol. The number of nitro groups is 1. The number of aryl methyl sites for hydroxylation is 1. The number of anilines is 2. The van der Waals surface area contributed by atoms with E-state index in [-0.39, 0.29) is 16.4 Å². The van der Waals surface area contributed by atoms with Crippen LogP contribution < -0.4 is 15.5 Å². The summed E-state index contributed by atoms with van der Waals surface area (Å²) in [4.78, 5) is 30.5. The first-order valence-corrected chi connectivity index (χ1v) is 12.5. The molecule has 0 radical (unpaired) electrons. The molecule has 1 amide bonds. The fourth-order valence-electron chi connectivity index (χ4n) is 4.39. The second-order valence-electron chi connectivity index (χ2n) is 8.82. The maximum atomic E-state index is 12.7. The van der Waals surface area contributed by atoms with Crippen LogP contribution in [0, 0.1) is 10.1 Å². The molecule has 1 aliphatic rings. The Kier molecular flexibility index (Phi) is 6.82. The molecule has 0 saturated carbocycles. The van der Waals surface area contributed by atoms with Gasteiger partial charge in [-0.25, -0.2) is 4.98 Å². The molecule has 0 aliphatic carbocycles. The topological polar surface area (TPSA) is 114 Å². The molecule has 2 N–H and O–H groups in total. The van der Waals surface area contributed by atoms with Crippen molar-refractivity contribution < 1.29 is 14.1 Å². The number of benzene rings is 3. The molecule has 188 valence electrons. The third-order valence-corrected chi connectivity index (χ3v) is 6.56. The summed E-state index contributed by atoms with van der Waals surface area (Å²) < 4.78 is 5.88. The van der Waals surface area contributed by atoms with E-state index in [0.717, 1.165) is 49.0 Å². The molecular weight excluding hydrogens is 490 g/mol. The van der Waals surface area contributed by atoms with E-state index >= 15 is 0 Å². The van der Waals surface area contributed by atoms with Gasteiger partial charge in [-0.1, -0.05) is 13.0 Å². The Morgan fingerprint density at radius 2 is 1.86 bits per heavy atom. The summed E-state index contributed by atoms with van der Waals surface area (Å²) in [6, 6.07) is 17.8. The Morgan fingerprint density at radius 1 is 1.11 bits per heavy atom. The highest BCUT2D eigenvalue weighted by atomic mass is 32.1. The van der Waals surface area contributed by atoms with Crippen molar-refractivity contribution >= 4 is 51.4 Å². The van der Waals surface area contributed by atoms with Crippen molar-refractivity contribution in [3.63, 3.8) is 0 Å². The van der Waals surface area contributed by atoms with Crippen LogP contribution in [0.1, 0.15) is 35.7 Å². The molecule has 1 fully saturated rings. The predicted octanol–water partition coefficient (Wildman–Crippen LogP) is 5.69. The lowest BCUT2D eigenvalue weighted by Crippen LogP contribution is -2.34. The normalized spacial score (nSPS) is 13.1. The molecule has 3 aromatic carbocycles. The van der Waals surface area contributed by atoms with E-state index in [1.165, 1.54) is 11.6 Å². The minimum absolute atomic E-state index is 0.0815. The lowest BCUT2D eigenvalue weighted by molar-refractivity contribution is -0.384. The number of hydrogen-bond donors (Lipinski definition) is 2.